The van der Waals surface area contributed by atoms with E-state index < -0.39 is 0 Å². The number of nitrogens with one attached hydrogen (secondary N) is 1. The van der Waals surface area contributed by atoms with Gasteiger partial charge in [0.25, 0.3) is 0 Å². The highest BCUT2D eigenvalue weighted by atomic mass is 16.5. The molecule has 0 aliphatic carbocycles. The maximum atomic E-state index is 12.3. The summed E-state index contributed by atoms with van der Waals surface area (Å²) in [6.45, 7) is 6.13. The number of hydrogen-bond acceptors (Lipinski definition) is 2. The Bertz CT molecular complexity index is 679. The smallest absolute Gasteiger partial charge is 0.224 e. The topological polar surface area (TPSA) is 38.3 Å². The average molecular weight is 311 g/mol. The number of carbonyl (C=O) groups excluding carboxylic acids is 1. The zero-order valence-electron chi connectivity index (χ0n) is 14.3. The van der Waals surface area contributed by atoms with Crippen molar-refractivity contribution in [1.82, 2.24) is 0 Å². The van der Waals surface area contributed by atoms with Crippen molar-refractivity contribution in [3.8, 4) is 5.75 Å². The van der Waals surface area contributed by atoms with Gasteiger partial charge in [-0.15, -0.1) is 0 Å². The van der Waals surface area contributed by atoms with Gasteiger partial charge in [-0.2, -0.15) is 0 Å². The van der Waals surface area contributed by atoms with Gasteiger partial charge in [0.05, 0.1) is 7.11 Å². The van der Waals surface area contributed by atoms with Crippen molar-refractivity contribution < 1.29 is 9.53 Å². The van der Waals surface area contributed by atoms with Crippen molar-refractivity contribution in [1.29, 1.82) is 0 Å². The van der Waals surface area contributed by atoms with Gasteiger partial charge in [0.15, 0.2) is 0 Å². The molecule has 1 amide bonds. The molecule has 0 aliphatic rings. The molecular weight excluding hydrogens is 286 g/mol. The third-order valence-electron chi connectivity index (χ3n) is 3.96. The molecule has 0 saturated carbocycles. The fraction of sp³-hybridized carbons (Fsp3) is 0.350. The Balaban J connectivity index is 1.96. The van der Waals surface area contributed by atoms with E-state index in [1.807, 2.05) is 44.2 Å². The van der Waals surface area contributed by atoms with Crippen molar-refractivity contribution in [3.05, 3.63) is 59.2 Å². The van der Waals surface area contributed by atoms with Crippen LogP contribution in [0, 0.1) is 19.8 Å². The van der Waals surface area contributed by atoms with Crippen LogP contribution in [0.15, 0.2) is 42.5 Å². The predicted octanol–water partition coefficient (Wildman–Crippen LogP) is 4.52. The molecule has 1 N–H and O–H groups in total. The number of para-hydroxylation sites is 1. The lowest BCUT2D eigenvalue weighted by atomic mass is 9.97. The summed E-state index contributed by atoms with van der Waals surface area (Å²) in [6.07, 6.45) is 1.32. The minimum absolute atomic E-state index is 0.0566. The van der Waals surface area contributed by atoms with E-state index in [-0.39, 0.29) is 11.8 Å². The minimum atomic E-state index is 0.0566. The van der Waals surface area contributed by atoms with Crippen LogP contribution in [0.25, 0.3) is 0 Å². The van der Waals surface area contributed by atoms with Gasteiger partial charge in [-0.05, 0) is 55.0 Å². The van der Waals surface area contributed by atoms with E-state index >= 15 is 0 Å². The Morgan fingerprint density at radius 1 is 1.17 bits per heavy atom. The van der Waals surface area contributed by atoms with E-state index in [4.69, 9.17) is 4.74 Å². The summed E-state index contributed by atoms with van der Waals surface area (Å²) in [5.74, 6) is 1.19. The normalized spacial score (nSPS) is 11.8. The second kappa shape index (κ2) is 7.82. The molecule has 0 radical (unpaired) electrons. The quantitative estimate of drug-likeness (QED) is 0.852. The van der Waals surface area contributed by atoms with Gasteiger partial charge in [0, 0.05) is 12.1 Å². The molecule has 2 aromatic carbocycles. The second-order valence-corrected chi connectivity index (χ2v) is 6.19. The molecule has 2 aromatic rings. The van der Waals surface area contributed by atoms with Crippen molar-refractivity contribution in [3.63, 3.8) is 0 Å². The van der Waals surface area contributed by atoms with Crippen LogP contribution in [-0.4, -0.2) is 13.0 Å². The SMILES string of the molecule is COc1ccccc1C[C@H](C)CC(=O)Nc1cc(C)ccc1C. The zero-order chi connectivity index (χ0) is 16.8. The fourth-order valence-electron chi connectivity index (χ4n) is 2.71. The number of hydrogen-bond donors (Lipinski definition) is 1. The Hall–Kier alpha value is -2.29. The molecule has 0 fully saturated rings. The van der Waals surface area contributed by atoms with Gasteiger partial charge in [-0.3, -0.25) is 4.79 Å². The summed E-state index contributed by atoms with van der Waals surface area (Å²) in [7, 11) is 1.68. The molecule has 0 saturated heterocycles. The van der Waals surface area contributed by atoms with Crippen LogP contribution in [0.2, 0.25) is 0 Å². The summed E-state index contributed by atoms with van der Waals surface area (Å²) >= 11 is 0. The van der Waals surface area contributed by atoms with Crippen molar-refractivity contribution in [2.75, 3.05) is 12.4 Å². The van der Waals surface area contributed by atoms with Gasteiger partial charge in [-0.1, -0.05) is 37.3 Å². The molecule has 0 aliphatic heterocycles. The van der Waals surface area contributed by atoms with Crippen molar-refractivity contribution in [2.45, 2.75) is 33.6 Å². The van der Waals surface area contributed by atoms with Gasteiger partial charge < -0.3 is 10.1 Å². The first-order valence-electron chi connectivity index (χ1n) is 7.98. The third kappa shape index (κ3) is 4.85. The Morgan fingerprint density at radius 2 is 1.91 bits per heavy atom. The van der Waals surface area contributed by atoms with Crippen LogP contribution >= 0.6 is 0 Å². The largest absolute Gasteiger partial charge is 0.496 e. The van der Waals surface area contributed by atoms with Crippen LogP contribution in [0.5, 0.6) is 5.75 Å². The molecule has 0 heterocycles. The Morgan fingerprint density at radius 3 is 2.65 bits per heavy atom. The number of ether oxygens (including phenoxy) is 1. The Labute approximate surface area is 138 Å². The van der Waals surface area contributed by atoms with Gasteiger partial charge >= 0.3 is 0 Å². The lowest BCUT2D eigenvalue weighted by Crippen LogP contribution is -2.17. The standard InChI is InChI=1S/C20H25NO2/c1-14-9-10-16(3)18(12-14)21-20(22)13-15(2)11-17-7-5-6-8-19(17)23-4/h5-10,12,15H,11,13H2,1-4H3,(H,21,22)/t15-/m0/s1. The first-order chi connectivity index (χ1) is 11.0. The average Bonchev–Trinajstić information content (AvgIpc) is 2.51. The summed E-state index contributed by atoms with van der Waals surface area (Å²) in [5, 5.41) is 3.03. The molecule has 23 heavy (non-hydrogen) atoms. The molecule has 2 rings (SSSR count). The maximum Gasteiger partial charge on any atom is 0.224 e. The molecule has 122 valence electrons. The molecule has 0 unspecified atom stereocenters. The number of aryl methyl sites for hydroxylation is 2. The van der Waals surface area contributed by atoms with E-state index in [9.17, 15) is 4.79 Å². The lowest BCUT2D eigenvalue weighted by Gasteiger charge is -2.15. The van der Waals surface area contributed by atoms with Crippen LogP contribution in [0.3, 0.4) is 0 Å². The van der Waals surface area contributed by atoms with E-state index in [1.165, 1.54) is 0 Å². The molecule has 0 bridgehead atoms. The summed E-state index contributed by atoms with van der Waals surface area (Å²) in [5.41, 5.74) is 4.27. The van der Waals surface area contributed by atoms with Gasteiger partial charge in [0.2, 0.25) is 5.91 Å². The second-order valence-electron chi connectivity index (χ2n) is 6.19. The Kier molecular flexibility index (Phi) is 5.80. The number of benzene rings is 2. The summed E-state index contributed by atoms with van der Waals surface area (Å²) in [4.78, 5) is 12.3. The maximum absolute atomic E-state index is 12.3. The highest BCUT2D eigenvalue weighted by Gasteiger charge is 2.13. The van der Waals surface area contributed by atoms with Crippen LogP contribution in [-0.2, 0) is 11.2 Å². The molecular formula is C20H25NO2. The van der Waals surface area contributed by atoms with Gasteiger partial charge in [-0.25, -0.2) is 0 Å². The van der Waals surface area contributed by atoms with Gasteiger partial charge in [0.1, 0.15) is 5.75 Å². The highest BCUT2D eigenvalue weighted by molar-refractivity contribution is 5.91. The van der Waals surface area contributed by atoms with Crippen LogP contribution in [0.4, 0.5) is 5.69 Å². The van der Waals surface area contributed by atoms with Crippen LogP contribution in [0.1, 0.15) is 30.0 Å². The number of rotatable bonds is 6. The third-order valence-corrected chi connectivity index (χ3v) is 3.96. The predicted molar refractivity (Wildman–Crippen MR) is 95.0 cm³/mol. The van der Waals surface area contributed by atoms with Crippen molar-refractivity contribution in [2.24, 2.45) is 5.92 Å². The minimum Gasteiger partial charge on any atom is -0.496 e. The number of amides is 1. The molecule has 3 heteroatoms. The number of carbonyl (C=O) groups is 1. The highest BCUT2D eigenvalue weighted by Crippen LogP contribution is 2.23. The zero-order valence-corrected chi connectivity index (χ0v) is 14.3. The monoisotopic (exact) mass is 311 g/mol. The molecule has 3 nitrogen and oxygen atoms in total. The fourth-order valence-corrected chi connectivity index (χ4v) is 2.71. The van der Waals surface area contributed by atoms with E-state index in [0.29, 0.717) is 6.42 Å². The first kappa shape index (κ1) is 17.1. The molecule has 1 atom stereocenters. The number of methoxy groups -OCH3 is 1. The summed E-state index contributed by atoms with van der Waals surface area (Å²) < 4.78 is 5.38. The van der Waals surface area contributed by atoms with Crippen LogP contribution < -0.4 is 10.1 Å². The molecule has 0 aromatic heterocycles. The van der Waals surface area contributed by atoms with E-state index in [2.05, 4.69) is 24.4 Å². The van der Waals surface area contributed by atoms with E-state index in [1.54, 1.807) is 7.11 Å². The van der Waals surface area contributed by atoms with E-state index in [0.717, 1.165) is 34.5 Å². The summed E-state index contributed by atoms with van der Waals surface area (Å²) in [6, 6.07) is 14.1. The number of anilines is 1. The first-order valence-corrected chi connectivity index (χ1v) is 7.98. The lowest BCUT2D eigenvalue weighted by molar-refractivity contribution is -0.116. The van der Waals surface area contributed by atoms with Crippen molar-refractivity contribution >= 4 is 11.6 Å². The molecule has 0 spiro atoms.